The van der Waals surface area contributed by atoms with Crippen LogP contribution in [0.2, 0.25) is 0 Å². The van der Waals surface area contributed by atoms with Crippen molar-refractivity contribution >= 4 is 0 Å². The molecule has 4 heteroatoms. The van der Waals surface area contributed by atoms with Gasteiger partial charge in [0.1, 0.15) is 11.6 Å². The monoisotopic (exact) mass is 472 g/mol. The first kappa shape index (κ1) is 24.0. The molecule has 0 unspecified atom stereocenters. The van der Waals surface area contributed by atoms with Crippen LogP contribution in [0.3, 0.4) is 0 Å². The van der Waals surface area contributed by atoms with E-state index >= 15 is 0 Å². The van der Waals surface area contributed by atoms with Crippen molar-refractivity contribution in [3.8, 4) is 5.75 Å². The highest BCUT2D eigenvalue weighted by atomic mass is 19.1. The van der Waals surface area contributed by atoms with Gasteiger partial charge < -0.3 is 4.74 Å². The minimum atomic E-state index is -0.170. The lowest BCUT2D eigenvalue weighted by Gasteiger charge is -2.32. The second kappa shape index (κ2) is 11.8. The Bertz CT molecular complexity index is 1060. The maximum atomic E-state index is 13.2. The van der Waals surface area contributed by atoms with Gasteiger partial charge >= 0.3 is 0 Å². The zero-order chi connectivity index (χ0) is 23.9. The standard InChI is InChI=1S/C31H37FN2O/c32-30-11-8-27(9-12-30)23-34-17-4-7-28-21-31(13-10-29(28)24-34)35-20-16-25-14-18-33(19-15-25)22-26-5-2-1-3-6-26/h1-3,5-6,8-13,21,25H,4,7,14-20,22-24H2. The van der Waals surface area contributed by atoms with E-state index < -0.39 is 0 Å². The summed E-state index contributed by atoms with van der Waals surface area (Å²) < 4.78 is 19.4. The third-order valence-corrected chi connectivity index (χ3v) is 7.56. The zero-order valence-electron chi connectivity index (χ0n) is 20.7. The third kappa shape index (κ3) is 6.93. The Hall–Kier alpha value is -2.69. The average Bonchev–Trinajstić information content (AvgIpc) is 3.08. The van der Waals surface area contributed by atoms with Crippen molar-refractivity contribution in [2.24, 2.45) is 5.92 Å². The fourth-order valence-electron chi connectivity index (χ4n) is 5.49. The Morgan fingerprint density at radius 2 is 1.51 bits per heavy atom. The van der Waals surface area contributed by atoms with Gasteiger partial charge in [-0.15, -0.1) is 0 Å². The number of ether oxygens (including phenoxy) is 1. The van der Waals surface area contributed by atoms with Gasteiger partial charge in [0.05, 0.1) is 6.61 Å². The molecule has 0 amide bonds. The van der Waals surface area contributed by atoms with Crippen molar-refractivity contribution in [3.05, 3.63) is 101 Å². The fraction of sp³-hybridized carbons (Fsp3) is 0.419. The molecule has 2 aliphatic heterocycles. The summed E-state index contributed by atoms with van der Waals surface area (Å²) in [6, 6.07) is 24.3. The van der Waals surface area contributed by atoms with E-state index in [1.807, 2.05) is 12.1 Å². The van der Waals surface area contributed by atoms with Crippen molar-refractivity contribution in [1.29, 1.82) is 0 Å². The Balaban J connectivity index is 1.06. The maximum Gasteiger partial charge on any atom is 0.123 e. The number of halogens is 1. The number of likely N-dealkylation sites (tertiary alicyclic amines) is 1. The molecular weight excluding hydrogens is 435 g/mol. The molecule has 0 spiro atoms. The summed E-state index contributed by atoms with van der Waals surface area (Å²) in [4.78, 5) is 5.04. The maximum absolute atomic E-state index is 13.2. The summed E-state index contributed by atoms with van der Waals surface area (Å²) in [6.07, 6.45) is 5.90. The number of nitrogens with zero attached hydrogens (tertiary/aromatic N) is 2. The molecule has 2 heterocycles. The van der Waals surface area contributed by atoms with E-state index in [4.69, 9.17) is 4.74 Å². The Morgan fingerprint density at radius 3 is 2.31 bits per heavy atom. The smallest absolute Gasteiger partial charge is 0.123 e. The van der Waals surface area contributed by atoms with Gasteiger partial charge in [-0.2, -0.15) is 0 Å². The van der Waals surface area contributed by atoms with Crippen LogP contribution in [-0.4, -0.2) is 36.0 Å². The van der Waals surface area contributed by atoms with Crippen LogP contribution in [0.15, 0.2) is 72.8 Å². The summed E-state index contributed by atoms with van der Waals surface area (Å²) in [5.41, 5.74) is 5.39. The highest BCUT2D eigenvalue weighted by molar-refractivity contribution is 5.36. The van der Waals surface area contributed by atoms with E-state index in [0.29, 0.717) is 0 Å². The van der Waals surface area contributed by atoms with Crippen LogP contribution in [0.1, 0.15) is 47.9 Å². The number of benzene rings is 3. The summed E-state index contributed by atoms with van der Waals surface area (Å²) in [7, 11) is 0. The molecule has 0 N–H and O–H groups in total. The number of hydrogen-bond donors (Lipinski definition) is 0. The van der Waals surface area contributed by atoms with E-state index in [1.54, 1.807) is 12.1 Å². The predicted octanol–water partition coefficient (Wildman–Crippen LogP) is 6.46. The van der Waals surface area contributed by atoms with Crippen LogP contribution < -0.4 is 4.74 Å². The molecule has 35 heavy (non-hydrogen) atoms. The summed E-state index contributed by atoms with van der Waals surface area (Å²) in [6.45, 7) is 7.11. The molecule has 3 aromatic rings. The van der Waals surface area contributed by atoms with Crippen LogP contribution in [0.5, 0.6) is 5.75 Å². The number of hydrogen-bond acceptors (Lipinski definition) is 3. The van der Waals surface area contributed by atoms with Crippen LogP contribution in [-0.2, 0) is 26.1 Å². The second-order valence-corrected chi connectivity index (χ2v) is 10.2. The van der Waals surface area contributed by atoms with Crippen molar-refractivity contribution in [1.82, 2.24) is 9.80 Å². The van der Waals surface area contributed by atoms with E-state index in [2.05, 4.69) is 58.3 Å². The molecule has 184 valence electrons. The SMILES string of the molecule is Fc1ccc(CN2CCCc3cc(OCCC4CCN(Cc5ccccc5)CC4)ccc3C2)cc1. The first-order chi connectivity index (χ1) is 17.2. The molecule has 0 saturated carbocycles. The number of aryl methyl sites for hydroxylation is 1. The Kier molecular flexibility index (Phi) is 8.12. The lowest BCUT2D eigenvalue weighted by molar-refractivity contribution is 0.157. The Morgan fingerprint density at radius 1 is 0.771 bits per heavy atom. The van der Waals surface area contributed by atoms with Gasteiger partial charge in [0.15, 0.2) is 0 Å². The average molecular weight is 473 g/mol. The molecule has 0 aromatic heterocycles. The van der Waals surface area contributed by atoms with Crippen LogP contribution >= 0.6 is 0 Å². The molecule has 3 aromatic carbocycles. The van der Waals surface area contributed by atoms with Gasteiger partial charge in [-0.25, -0.2) is 4.39 Å². The number of fused-ring (bicyclic) bond motifs is 1. The zero-order valence-corrected chi connectivity index (χ0v) is 20.7. The van der Waals surface area contributed by atoms with Gasteiger partial charge in [0.25, 0.3) is 0 Å². The number of piperidine rings is 1. The first-order valence-corrected chi connectivity index (χ1v) is 13.2. The minimum absolute atomic E-state index is 0.170. The van der Waals surface area contributed by atoms with Gasteiger partial charge in [-0.05, 0) is 104 Å². The summed E-state index contributed by atoms with van der Waals surface area (Å²) >= 11 is 0. The molecule has 0 bridgehead atoms. The van der Waals surface area contributed by atoms with Gasteiger partial charge in [-0.3, -0.25) is 9.80 Å². The van der Waals surface area contributed by atoms with E-state index in [-0.39, 0.29) is 5.82 Å². The van der Waals surface area contributed by atoms with Crippen molar-refractivity contribution in [3.63, 3.8) is 0 Å². The molecular formula is C31H37FN2O. The molecule has 5 rings (SSSR count). The molecule has 0 atom stereocenters. The molecule has 0 radical (unpaired) electrons. The Labute approximate surface area is 209 Å². The van der Waals surface area contributed by atoms with Crippen LogP contribution in [0, 0.1) is 11.7 Å². The van der Waals surface area contributed by atoms with Crippen LogP contribution in [0.4, 0.5) is 4.39 Å². The molecule has 1 saturated heterocycles. The lowest BCUT2D eigenvalue weighted by Crippen LogP contribution is -2.33. The van der Waals surface area contributed by atoms with E-state index in [1.165, 1.54) is 48.2 Å². The van der Waals surface area contributed by atoms with Crippen LogP contribution in [0.25, 0.3) is 0 Å². The van der Waals surface area contributed by atoms with Crippen molar-refractivity contribution in [2.75, 3.05) is 26.2 Å². The summed E-state index contributed by atoms with van der Waals surface area (Å²) in [5, 5.41) is 0. The molecule has 2 aliphatic rings. The quantitative estimate of drug-likeness (QED) is 0.374. The molecule has 3 nitrogen and oxygen atoms in total. The third-order valence-electron chi connectivity index (χ3n) is 7.56. The summed E-state index contributed by atoms with van der Waals surface area (Å²) in [5.74, 6) is 1.61. The van der Waals surface area contributed by atoms with Crippen molar-refractivity contribution < 1.29 is 9.13 Å². The topological polar surface area (TPSA) is 15.7 Å². The largest absolute Gasteiger partial charge is 0.494 e. The molecule has 0 aliphatic carbocycles. The molecule has 1 fully saturated rings. The van der Waals surface area contributed by atoms with Crippen molar-refractivity contribution in [2.45, 2.75) is 51.7 Å². The second-order valence-electron chi connectivity index (χ2n) is 10.2. The first-order valence-electron chi connectivity index (χ1n) is 13.2. The fourth-order valence-corrected chi connectivity index (χ4v) is 5.49. The highest BCUT2D eigenvalue weighted by Gasteiger charge is 2.20. The predicted molar refractivity (Wildman–Crippen MR) is 140 cm³/mol. The number of rotatable bonds is 8. The van der Waals surface area contributed by atoms with E-state index in [9.17, 15) is 4.39 Å². The highest BCUT2D eigenvalue weighted by Crippen LogP contribution is 2.26. The minimum Gasteiger partial charge on any atom is -0.494 e. The van der Waals surface area contributed by atoms with Gasteiger partial charge in [-0.1, -0.05) is 48.5 Å². The van der Waals surface area contributed by atoms with E-state index in [0.717, 1.165) is 63.7 Å². The lowest BCUT2D eigenvalue weighted by atomic mass is 9.93. The van der Waals surface area contributed by atoms with Gasteiger partial charge in [0.2, 0.25) is 0 Å². The normalized spacial score (nSPS) is 17.6. The van der Waals surface area contributed by atoms with Gasteiger partial charge in [0, 0.05) is 19.6 Å².